The molecule has 0 N–H and O–H groups in total. The topological polar surface area (TPSA) is 54.8 Å². The lowest BCUT2D eigenvalue weighted by Gasteiger charge is -2.12. The number of carbonyl (C=O) groups is 1. The highest BCUT2D eigenvalue weighted by atomic mass is 19.1. The van der Waals surface area contributed by atoms with E-state index in [9.17, 15) is 9.18 Å². The molecule has 2 rings (SSSR count). The van der Waals surface area contributed by atoms with Crippen molar-refractivity contribution in [3.05, 3.63) is 58.7 Å². The van der Waals surface area contributed by atoms with Gasteiger partial charge in [0, 0.05) is 19.8 Å². The molecule has 0 aliphatic heterocycles. The fourth-order valence-corrected chi connectivity index (χ4v) is 2.17. The third-order valence-electron chi connectivity index (χ3n) is 4.03. The molecule has 0 radical (unpaired) electrons. The first-order chi connectivity index (χ1) is 11.9. The van der Waals surface area contributed by atoms with Crippen molar-refractivity contribution in [1.82, 2.24) is 9.88 Å². The van der Waals surface area contributed by atoms with E-state index in [1.165, 1.54) is 12.3 Å². The van der Waals surface area contributed by atoms with Gasteiger partial charge in [-0.2, -0.15) is 4.39 Å². The Morgan fingerprint density at radius 1 is 1.32 bits per heavy atom. The second-order valence-electron chi connectivity index (χ2n) is 5.76. The zero-order valence-electron chi connectivity index (χ0n) is 14.9. The smallest absolute Gasteiger partial charge is 0.338 e. The first kappa shape index (κ1) is 18.6. The quantitative estimate of drug-likeness (QED) is 0.346. The van der Waals surface area contributed by atoms with Gasteiger partial charge in [-0.3, -0.25) is 0 Å². The number of nitrogens with zero attached hydrogens (tertiary/aromatic N) is 3. The molecule has 0 saturated carbocycles. The molecule has 0 amide bonds. The Morgan fingerprint density at radius 2 is 2.08 bits per heavy atom. The molecule has 5 nitrogen and oxygen atoms in total. The molecule has 1 aromatic heterocycles. The molecule has 2 aromatic rings. The molecule has 0 aliphatic carbocycles. The summed E-state index contributed by atoms with van der Waals surface area (Å²) in [6, 6.07) is 6.35. The normalized spacial score (nSPS) is 10.9. The maximum Gasteiger partial charge on any atom is 0.338 e. The van der Waals surface area contributed by atoms with E-state index in [4.69, 9.17) is 4.74 Å². The fraction of sp³-hybridized carbons (Fsp3) is 0.316. The summed E-state index contributed by atoms with van der Waals surface area (Å²) in [5.41, 5.74) is 3.59. The lowest BCUT2D eigenvalue weighted by atomic mass is 10.0. The van der Waals surface area contributed by atoms with Crippen LogP contribution < -0.4 is 0 Å². The zero-order valence-corrected chi connectivity index (χ0v) is 14.9. The molecule has 1 heterocycles. The van der Waals surface area contributed by atoms with Gasteiger partial charge < -0.3 is 9.64 Å². The molecule has 1 aromatic carbocycles. The van der Waals surface area contributed by atoms with Crippen LogP contribution in [0.1, 0.15) is 34.0 Å². The molecule has 0 unspecified atom stereocenters. The van der Waals surface area contributed by atoms with Crippen molar-refractivity contribution in [3.63, 3.8) is 0 Å². The van der Waals surface area contributed by atoms with E-state index in [2.05, 4.69) is 9.98 Å². The van der Waals surface area contributed by atoms with Crippen LogP contribution in [-0.4, -0.2) is 35.8 Å². The minimum absolute atomic E-state index is 0.00202. The number of esters is 1. The van der Waals surface area contributed by atoms with Crippen LogP contribution in [0.4, 0.5) is 10.1 Å². The van der Waals surface area contributed by atoms with Crippen LogP contribution in [0.5, 0.6) is 0 Å². The Kier molecular flexibility index (Phi) is 6.22. The van der Waals surface area contributed by atoms with E-state index in [0.29, 0.717) is 11.1 Å². The van der Waals surface area contributed by atoms with E-state index < -0.39 is 11.9 Å². The predicted octanol–water partition coefficient (Wildman–Crippen LogP) is 3.81. The fourth-order valence-electron chi connectivity index (χ4n) is 2.17. The van der Waals surface area contributed by atoms with Gasteiger partial charge in [0.05, 0.1) is 17.6 Å². The van der Waals surface area contributed by atoms with Gasteiger partial charge in [0.25, 0.3) is 0 Å². The van der Waals surface area contributed by atoms with Crippen LogP contribution in [0.2, 0.25) is 0 Å². The Hall–Kier alpha value is -2.76. The number of rotatable bonds is 6. The first-order valence-electron chi connectivity index (χ1n) is 8.04. The van der Waals surface area contributed by atoms with Crippen LogP contribution in [-0.2, 0) is 11.3 Å². The van der Waals surface area contributed by atoms with Crippen molar-refractivity contribution >= 4 is 18.0 Å². The molecule has 132 valence electrons. The summed E-state index contributed by atoms with van der Waals surface area (Å²) >= 11 is 0. The Morgan fingerprint density at radius 3 is 2.76 bits per heavy atom. The molecule has 0 saturated heterocycles. The Bertz CT molecular complexity index is 790. The van der Waals surface area contributed by atoms with Gasteiger partial charge in [0.1, 0.15) is 6.61 Å². The second-order valence-corrected chi connectivity index (χ2v) is 5.76. The summed E-state index contributed by atoms with van der Waals surface area (Å²) in [7, 11) is 1.94. The van der Waals surface area contributed by atoms with E-state index in [1.54, 1.807) is 24.5 Å². The number of carbonyl (C=O) groups excluding carboxylic acids is 1. The highest BCUT2D eigenvalue weighted by Gasteiger charge is 2.14. The number of benzene rings is 1. The molecule has 0 spiro atoms. The molecular formula is C19H22FN3O2. The monoisotopic (exact) mass is 343 g/mol. The highest BCUT2D eigenvalue weighted by molar-refractivity contribution is 5.92. The van der Waals surface area contributed by atoms with Crippen molar-refractivity contribution in [2.75, 3.05) is 13.6 Å². The molecule has 6 heteroatoms. The summed E-state index contributed by atoms with van der Waals surface area (Å²) in [6.07, 6.45) is 3.10. The van der Waals surface area contributed by atoms with Gasteiger partial charge in [-0.05, 0) is 61.7 Å². The van der Waals surface area contributed by atoms with Gasteiger partial charge in [-0.1, -0.05) is 0 Å². The number of hydrogen-bond donors (Lipinski definition) is 0. The molecule has 0 atom stereocenters. The number of hydrogen-bond acceptors (Lipinski definition) is 4. The van der Waals surface area contributed by atoms with Crippen molar-refractivity contribution in [2.45, 2.75) is 27.4 Å². The van der Waals surface area contributed by atoms with E-state index in [0.717, 1.165) is 23.4 Å². The third kappa shape index (κ3) is 4.86. The lowest BCUT2D eigenvalue weighted by molar-refractivity contribution is 0.0471. The number of aliphatic imine (C=N–C) groups is 1. The van der Waals surface area contributed by atoms with Gasteiger partial charge in [0.15, 0.2) is 0 Å². The Labute approximate surface area is 147 Å². The number of halogens is 1. The first-order valence-corrected chi connectivity index (χ1v) is 8.04. The largest absolute Gasteiger partial charge is 0.457 e. The minimum atomic E-state index is -0.597. The van der Waals surface area contributed by atoms with Gasteiger partial charge in [-0.25, -0.2) is 14.8 Å². The molecular weight excluding hydrogens is 321 g/mol. The average Bonchev–Trinajstić information content (AvgIpc) is 2.60. The summed E-state index contributed by atoms with van der Waals surface area (Å²) in [5, 5.41) is 0. The van der Waals surface area contributed by atoms with E-state index in [1.807, 2.05) is 32.7 Å². The zero-order chi connectivity index (χ0) is 18.4. The van der Waals surface area contributed by atoms with Crippen LogP contribution in [0.3, 0.4) is 0 Å². The van der Waals surface area contributed by atoms with Crippen molar-refractivity contribution in [3.8, 4) is 0 Å². The maximum atomic E-state index is 13.1. The molecule has 0 fully saturated rings. The summed E-state index contributed by atoms with van der Waals surface area (Å²) in [4.78, 5) is 22.2. The van der Waals surface area contributed by atoms with Crippen molar-refractivity contribution < 1.29 is 13.9 Å². The number of pyridine rings is 1. The van der Waals surface area contributed by atoms with Crippen LogP contribution in [0.25, 0.3) is 0 Å². The van der Waals surface area contributed by atoms with Gasteiger partial charge >= 0.3 is 5.97 Å². The van der Waals surface area contributed by atoms with E-state index >= 15 is 0 Å². The van der Waals surface area contributed by atoms with Crippen molar-refractivity contribution in [2.24, 2.45) is 4.99 Å². The van der Waals surface area contributed by atoms with Crippen LogP contribution in [0, 0.1) is 19.8 Å². The maximum absolute atomic E-state index is 13.1. The summed E-state index contributed by atoms with van der Waals surface area (Å²) in [6.45, 7) is 6.68. The molecule has 0 bridgehead atoms. The average molecular weight is 343 g/mol. The van der Waals surface area contributed by atoms with Crippen molar-refractivity contribution in [1.29, 1.82) is 0 Å². The SMILES string of the molecule is CCN(C)/C=N/c1ccc(C(=O)OCc2ccnc(F)c2)c(C)c1C. The molecule has 0 aliphatic rings. The van der Waals surface area contributed by atoms with Gasteiger partial charge in [-0.15, -0.1) is 0 Å². The van der Waals surface area contributed by atoms with Crippen LogP contribution >= 0.6 is 0 Å². The Balaban J connectivity index is 2.12. The third-order valence-corrected chi connectivity index (χ3v) is 4.03. The highest BCUT2D eigenvalue weighted by Crippen LogP contribution is 2.25. The van der Waals surface area contributed by atoms with Gasteiger partial charge in [0.2, 0.25) is 5.95 Å². The summed E-state index contributed by atoms with van der Waals surface area (Å²) < 4.78 is 18.3. The number of aromatic nitrogens is 1. The summed E-state index contributed by atoms with van der Waals surface area (Å²) in [5.74, 6) is -1.04. The lowest BCUT2D eigenvalue weighted by Crippen LogP contribution is -2.14. The van der Waals surface area contributed by atoms with Crippen LogP contribution in [0.15, 0.2) is 35.5 Å². The minimum Gasteiger partial charge on any atom is -0.457 e. The second kappa shape index (κ2) is 8.37. The predicted molar refractivity (Wildman–Crippen MR) is 95.7 cm³/mol. The standard InChI is InChI=1S/C19H22FN3O2/c1-5-23(4)12-22-17-7-6-16(13(2)14(17)3)19(24)25-11-15-8-9-21-18(20)10-15/h6-10,12H,5,11H2,1-4H3/b22-12+. The van der Waals surface area contributed by atoms with E-state index in [-0.39, 0.29) is 6.61 Å². The number of ether oxygens (including phenoxy) is 1. The molecule has 25 heavy (non-hydrogen) atoms.